The summed E-state index contributed by atoms with van der Waals surface area (Å²) in [7, 11) is 0. The molecule has 6 rings (SSSR count). The molecule has 0 aliphatic heterocycles. The minimum absolute atomic E-state index is 0.193. The Hall–Kier alpha value is -4.10. The van der Waals surface area contributed by atoms with Crippen LogP contribution in [0.5, 0.6) is 0 Å². The van der Waals surface area contributed by atoms with E-state index in [0.717, 1.165) is 38.3 Å². The van der Waals surface area contributed by atoms with Gasteiger partial charge in [-0.05, 0) is 87.8 Å². The highest BCUT2D eigenvalue weighted by molar-refractivity contribution is 7.24. The van der Waals surface area contributed by atoms with Crippen LogP contribution in [0.15, 0.2) is 114 Å². The molecule has 0 saturated carbocycles. The zero-order chi connectivity index (χ0) is 25.9. The number of carbonyl (C=O) groups is 2. The van der Waals surface area contributed by atoms with Gasteiger partial charge in [0, 0.05) is 26.6 Å². The quantitative estimate of drug-likeness (QED) is 0.108. The van der Waals surface area contributed by atoms with Gasteiger partial charge in [-0.1, -0.05) is 48.5 Å². The van der Waals surface area contributed by atoms with E-state index in [9.17, 15) is 9.59 Å². The van der Waals surface area contributed by atoms with E-state index in [4.69, 9.17) is 0 Å². The summed E-state index contributed by atoms with van der Waals surface area (Å²) in [6, 6.07) is 32.2. The van der Waals surface area contributed by atoms with Crippen LogP contribution in [-0.4, -0.2) is 12.1 Å². The predicted molar refractivity (Wildman–Crippen MR) is 163 cm³/mol. The average Bonchev–Trinajstić information content (AvgIpc) is 3.75. The van der Waals surface area contributed by atoms with Crippen LogP contribution < -0.4 is 4.90 Å². The van der Waals surface area contributed by atoms with Crippen molar-refractivity contribution in [1.82, 2.24) is 0 Å². The first-order valence-electron chi connectivity index (χ1n) is 12.0. The molecule has 0 bridgehead atoms. The molecule has 3 nitrogen and oxygen atoms in total. The van der Waals surface area contributed by atoms with Gasteiger partial charge in [-0.15, -0.1) is 34.0 Å². The number of carbonyl (C=O) groups excluding carboxylic acids is 2. The minimum atomic E-state index is -0.193. The summed E-state index contributed by atoms with van der Waals surface area (Å²) in [6.07, 6.45) is 4.08. The fraction of sp³-hybridized carbons (Fsp3) is 0. The summed E-state index contributed by atoms with van der Waals surface area (Å²) in [5.41, 5.74) is 2.77. The Balaban J connectivity index is 1.26. The second kappa shape index (κ2) is 10.7. The molecule has 184 valence electrons. The van der Waals surface area contributed by atoms with Gasteiger partial charge in [0.15, 0.2) is 12.1 Å². The number of rotatable bonds is 8. The molecule has 0 aliphatic carbocycles. The summed E-state index contributed by atoms with van der Waals surface area (Å²) in [5, 5.41) is 8.34. The molecule has 0 atom stereocenters. The van der Waals surface area contributed by atoms with Crippen molar-refractivity contribution in [2.75, 3.05) is 4.90 Å². The topological polar surface area (TPSA) is 37.4 Å². The van der Waals surface area contributed by atoms with Gasteiger partial charge in [0.1, 0.15) is 10.0 Å². The second-order valence-electron chi connectivity index (χ2n) is 8.60. The summed E-state index contributed by atoms with van der Waals surface area (Å²) in [5.74, 6) is -0.193. The first-order valence-corrected chi connectivity index (χ1v) is 14.5. The van der Waals surface area contributed by atoms with Crippen LogP contribution >= 0.6 is 34.0 Å². The van der Waals surface area contributed by atoms with Crippen LogP contribution in [-0.2, 0) is 0 Å². The highest BCUT2D eigenvalue weighted by Gasteiger charge is 2.16. The summed E-state index contributed by atoms with van der Waals surface area (Å²) >= 11 is 5.21. The van der Waals surface area contributed by atoms with Gasteiger partial charge in [-0.2, -0.15) is 0 Å². The molecule has 0 amide bonds. The van der Waals surface area contributed by atoms with E-state index in [1.165, 1.54) is 15.8 Å². The van der Waals surface area contributed by atoms with E-state index in [0.29, 0.717) is 11.1 Å². The third-order valence-electron chi connectivity index (χ3n) is 6.19. The van der Waals surface area contributed by atoms with Crippen molar-refractivity contribution in [3.05, 3.63) is 131 Å². The van der Waals surface area contributed by atoms with E-state index >= 15 is 0 Å². The number of ketones is 1. The lowest BCUT2D eigenvalue weighted by molar-refractivity contribution is 0.103. The van der Waals surface area contributed by atoms with Crippen LogP contribution in [0, 0.1) is 0 Å². The average molecular weight is 548 g/mol. The summed E-state index contributed by atoms with van der Waals surface area (Å²) in [4.78, 5) is 29.4. The molecule has 3 aromatic heterocycles. The van der Waals surface area contributed by atoms with Crippen LogP contribution in [0.3, 0.4) is 0 Å². The largest absolute Gasteiger partial charge is 0.298 e. The van der Waals surface area contributed by atoms with E-state index in [1.54, 1.807) is 52.2 Å². The number of benzene rings is 3. The first-order chi connectivity index (χ1) is 18.7. The maximum absolute atomic E-state index is 13.0. The SMILES string of the molecule is O=Cc1cc2ccccc2cc1C(=O)/C=C\c1ccc(N(c2cccs2)c2ccc(-c3cccs3)s2)cc1. The maximum Gasteiger partial charge on any atom is 0.186 e. The van der Waals surface area contributed by atoms with Crippen molar-refractivity contribution >= 4 is 78.6 Å². The Morgan fingerprint density at radius 3 is 2.18 bits per heavy atom. The van der Waals surface area contributed by atoms with Gasteiger partial charge in [0.2, 0.25) is 0 Å². The Bertz CT molecular complexity index is 1740. The number of anilines is 3. The highest BCUT2D eigenvalue weighted by Crippen LogP contribution is 2.44. The third kappa shape index (κ3) is 4.89. The molecule has 0 unspecified atom stereocenters. The van der Waals surface area contributed by atoms with Crippen molar-refractivity contribution in [2.45, 2.75) is 0 Å². The zero-order valence-electron chi connectivity index (χ0n) is 20.1. The number of fused-ring (bicyclic) bond motifs is 1. The second-order valence-corrected chi connectivity index (χ2v) is 11.5. The summed E-state index contributed by atoms with van der Waals surface area (Å²) < 4.78 is 0. The number of hydrogen-bond donors (Lipinski definition) is 0. The third-order valence-corrected chi connectivity index (χ3v) is 9.18. The smallest absolute Gasteiger partial charge is 0.186 e. The highest BCUT2D eigenvalue weighted by atomic mass is 32.1. The van der Waals surface area contributed by atoms with Crippen LogP contribution in [0.25, 0.3) is 26.6 Å². The minimum Gasteiger partial charge on any atom is -0.298 e. The van der Waals surface area contributed by atoms with Crippen LogP contribution in [0.2, 0.25) is 0 Å². The van der Waals surface area contributed by atoms with Crippen molar-refractivity contribution in [2.24, 2.45) is 0 Å². The monoisotopic (exact) mass is 547 g/mol. The molecule has 0 fully saturated rings. The predicted octanol–water partition coefficient (Wildman–Crippen LogP) is 9.87. The van der Waals surface area contributed by atoms with E-state index in [1.807, 2.05) is 36.4 Å². The van der Waals surface area contributed by atoms with Gasteiger partial charge in [-0.25, -0.2) is 0 Å². The molecule has 38 heavy (non-hydrogen) atoms. The molecule has 3 aromatic carbocycles. The van der Waals surface area contributed by atoms with Gasteiger partial charge >= 0.3 is 0 Å². The molecule has 0 radical (unpaired) electrons. The molecule has 0 N–H and O–H groups in total. The molecule has 0 aliphatic rings. The Morgan fingerprint density at radius 1 is 0.711 bits per heavy atom. The number of aldehydes is 1. The van der Waals surface area contributed by atoms with Crippen molar-refractivity contribution < 1.29 is 9.59 Å². The molecule has 0 saturated heterocycles. The number of nitrogens with zero attached hydrogens (tertiary/aromatic N) is 1. The van der Waals surface area contributed by atoms with Gasteiger partial charge in [0.25, 0.3) is 0 Å². The lowest BCUT2D eigenvalue weighted by Gasteiger charge is -2.21. The molecule has 0 spiro atoms. The molecule has 6 aromatic rings. The molecular formula is C32H21NO2S3. The van der Waals surface area contributed by atoms with Crippen LogP contribution in [0.4, 0.5) is 15.7 Å². The molecule has 3 heterocycles. The first kappa shape index (κ1) is 24.2. The van der Waals surface area contributed by atoms with Crippen molar-refractivity contribution in [3.8, 4) is 9.75 Å². The number of thiophene rings is 3. The lowest BCUT2D eigenvalue weighted by atomic mass is 9.98. The fourth-order valence-electron chi connectivity index (χ4n) is 4.32. The van der Waals surface area contributed by atoms with Crippen molar-refractivity contribution in [1.29, 1.82) is 0 Å². The standard InChI is InChI=1S/C32H21NO2S3/c34-21-25-19-23-5-1-2-6-24(23)20-27(25)28(35)14-11-22-9-12-26(13-10-22)33(31-8-4-18-37-31)32-16-15-30(38-32)29-7-3-17-36-29/h1-21H/b14-11-. The Morgan fingerprint density at radius 2 is 1.47 bits per heavy atom. The van der Waals surface area contributed by atoms with Gasteiger partial charge < -0.3 is 0 Å². The Labute approximate surface area is 232 Å². The summed E-state index contributed by atoms with van der Waals surface area (Å²) in [6.45, 7) is 0. The maximum atomic E-state index is 13.0. The fourth-order valence-corrected chi connectivity index (χ4v) is 7.02. The number of allylic oxidation sites excluding steroid dienone is 1. The van der Waals surface area contributed by atoms with E-state index < -0.39 is 0 Å². The Kier molecular flexibility index (Phi) is 6.84. The number of hydrogen-bond acceptors (Lipinski definition) is 6. The zero-order valence-corrected chi connectivity index (χ0v) is 22.6. The molecule has 6 heteroatoms. The molecular weight excluding hydrogens is 527 g/mol. The van der Waals surface area contributed by atoms with E-state index in [-0.39, 0.29) is 5.78 Å². The van der Waals surface area contributed by atoms with Gasteiger partial charge in [-0.3, -0.25) is 14.5 Å². The lowest BCUT2D eigenvalue weighted by Crippen LogP contribution is -2.06. The van der Waals surface area contributed by atoms with Crippen molar-refractivity contribution in [3.63, 3.8) is 0 Å². The van der Waals surface area contributed by atoms with E-state index in [2.05, 4.69) is 64.2 Å². The van der Waals surface area contributed by atoms with Gasteiger partial charge in [0.05, 0.1) is 0 Å². The normalized spacial score (nSPS) is 11.3. The van der Waals surface area contributed by atoms with Crippen LogP contribution in [0.1, 0.15) is 26.3 Å².